The third-order valence-corrected chi connectivity index (χ3v) is 5.73. The second-order valence-electron chi connectivity index (χ2n) is 6.47. The molecular weight excluding hydrogens is 286 g/mol. The van der Waals surface area contributed by atoms with Gasteiger partial charge in [-0.3, -0.25) is 0 Å². The first-order chi connectivity index (χ1) is 8.55. The van der Waals surface area contributed by atoms with Crippen molar-refractivity contribution in [1.82, 2.24) is 0 Å². The van der Waals surface area contributed by atoms with Gasteiger partial charge < -0.3 is 4.90 Å². The van der Waals surface area contributed by atoms with Gasteiger partial charge in [-0.25, -0.2) is 0 Å². The van der Waals surface area contributed by atoms with Crippen molar-refractivity contribution in [2.24, 2.45) is 11.3 Å². The van der Waals surface area contributed by atoms with Crippen LogP contribution >= 0.6 is 15.9 Å². The SMILES string of the molecule is CN1CCCc2cc(C3C(CBr)C3(C)C)ccc21. The molecule has 98 valence electrons. The topological polar surface area (TPSA) is 3.24 Å². The molecule has 1 heterocycles. The molecule has 0 radical (unpaired) electrons. The van der Waals surface area contributed by atoms with E-state index in [9.17, 15) is 0 Å². The average Bonchev–Trinajstić information content (AvgIpc) is 2.91. The summed E-state index contributed by atoms with van der Waals surface area (Å²) >= 11 is 3.67. The van der Waals surface area contributed by atoms with Crippen molar-refractivity contribution in [3.63, 3.8) is 0 Å². The summed E-state index contributed by atoms with van der Waals surface area (Å²) in [5.41, 5.74) is 5.02. The first kappa shape index (κ1) is 12.5. The monoisotopic (exact) mass is 307 g/mol. The minimum Gasteiger partial charge on any atom is -0.374 e. The van der Waals surface area contributed by atoms with Crippen LogP contribution in [0.4, 0.5) is 5.69 Å². The fourth-order valence-corrected chi connectivity index (χ4v) is 4.90. The molecule has 1 nitrogen and oxygen atoms in total. The number of halogens is 1. The molecule has 0 aromatic heterocycles. The molecule has 0 amide bonds. The quantitative estimate of drug-likeness (QED) is 0.740. The molecule has 0 N–H and O–H groups in total. The van der Waals surface area contributed by atoms with Crippen molar-refractivity contribution < 1.29 is 0 Å². The third-order valence-electron chi connectivity index (χ3n) is 5.03. The van der Waals surface area contributed by atoms with Crippen molar-refractivity contribution in [1.29, 1.82) is 0 Å². The van der Waals surface area contributed by atoms with Gasteiger partial charge in [0.15, 0.2) is 0 Å². The van der Waals surface area contributed by atoms with Crippen LogP contribution in [0.15, 0.2) is 18.2 Å². The largest absolute Gasteiger partial charge is 0.374 e. The highest BCUT2D eigenvalue weighted by atomic mass is 79.9. The van der Waals surface area contributed by atoms with Crippen LogP contribution in [0, 0.1) is 11.3 Å². The van der Waals surface area contributed by atoms with Crippen LogP contribution in [0.25, 0.3) is 0 Å². The Morgan fingerprint density at radius 3 is 2.83 bits per heavy atom. The number of rotatable bonds is 2. The van der Waals surface area contributed by atoms with Crippen LogP contribution in [0.1, 0.15) is 37.3 Å². The second-order valence-corrected chi connectivity index (χ2v) is 7.12. The Balaban J connectivity index is 1.92. The van der Waals surface area contributed by atoms with E-state index in [1.807, 2.05) is 0 Å². The second kappa shape index (κ2) is 4.26. The van der Waals surface area contributed by atoms with E-state index in [2.05, 4.69) is 59.9 Å². The first-order valence-corrected chi connectivity index (χ1v) is 8.07. The lowest BCUT2D eigenvalue weighted by Crippen LogP contribution is -2.24. The van der Waals surface area contributed by atoms with Crippen LogP contribution in [0.3, 0.4) is 0 Å². The third kappa shape index (κ3) is 1.80. The zero-order chi connectivity index (χ0) is 12.9. The summed E-state index contributed by atoms with van der Waals surface area (Å²) < 4.78 is 0. The molecule has 2 aliphatic rings. The van der Waals surface area contributed by atoms with E-state index >= 15 is 0 Å². The summed E-state index contributed by atoms with van der Waals surface area (Å²) in [5, 5.41) is 1.13. The highest BCUT2D eigenvalue weighted by molar-refractivity contribution is 9.09. The lowest BCUT2D eigenvalue weighted by molar-refractivity contribution is 0.579. The molecule has 1 saturated carbocycles. The minimum atomic E-state index is 0.471. The van der Waals surface area contributed by atoms with Gasteiger partial charge in [-0.1, -0.05) is 41.9 Å². The summed E-state index contributed by atoms with van der Waals surface area (Å²) in [5.74, 6) is 1.55. The molecule has 1 fully saturated rings. The van der Waals surface area contributed by atoms with E-state index in [1.165, 1.54) is 25.1 Å². The van der Waals surface area contributed by atoms with Crippen molar-refractivity contribution in [3.8, 4) is 0 Å². The van der Waals surface area contributed by atoms with Crippen LogP contribution in [-0.4, -0.2) is 18.9 Å². The summed E-state index contributed by atoms with van der Waals surface area (Å²) in [7, 11) is 2.21. The van der Waals surface area contributed by atoms with Crippen LogP contribution < -0.4 is 4.90 Å². The number of anilines is 1. The highest BCUT2D eigenvalue weighted by Gasteiger charge is 2.57. The van der Waals surface area contributed by atoms with Gasteiger partial charge in [0.05, 0.1) is 0 Å². The zero-order valence-corrected chi connectivity index (χ0v) is 13.1. The van der Waals surface area contributed by atoms with E-state index in [0.717, 1.165) is 17.2 Å². The smallest absolute Gasteiger partial charge is 0.0396 e. The van der Waals surface area contributed by atoms with E-state index in [0.29, 0.717) is 5.41 Å². The molecule has 3 rings (SSSR count). The summed E-state index contributed by atoms with van der Waals surface area (Å²) in [6.07, 6.45) is 2.54. The van der Waals surface area contributed by atoms with Crippen molar-refractivity contribution in [3.05, 3.63) is 29.3 Å². The maximum Gasteiger partial charge on any atom is 0.0396 e. The Morgan fingerprint density at radius 1 is 1.39 bits per heavy atom. The maximum atomic E-state index is 3.67. The number of benzene rings is 1. The summed E-state index contributed by atoms with van der Waals surface area (Å²) in [4.78, 5) is 2.39. The van der Waals surface area contributed by atoms with Crippen molar-refractivity contribution >= 4 is 21.6 Å². The van der Waals surface area contributed by atoms with Gasteiger partial charge >= 0.3 is 0 Å². The number of hydrogen-bond donors (Lipinski definition) is 0. The molecule has 2 unspecified atom stereocenters. The number of alkyl halides is 1. The number of aryl methyl sites for hydroxylation is 1. The lowest BCUT2D eigenvalue weighted by Gasteiger charge is -2.28. The molecule has 2 heteroatoms. The van der Waals surface area contributed by atoms with Crippen LogP contribution in [0.5, 0.6) is 0 Å². The summed E-state index contributed by atoms with van der Waals surface area (Å²) in [6.45, 7) is 6.00. The Bertz CT molecular complexity index is 466. The van der Waals surface area contributed by atoms with E-state index in [4.69, 9.17) is 0 Å². The Kier molecular flexibility index (Phi) is 2.97. The van der Waals surface area contributed by atoms with Gasteiger partial charge in [-0.15, -0.1) is 0 Å². The minimum absolute atomic E-state index is 0.471. The Morgan fingerprint density at radius 2 is 2.17 bits per heavy atom. The normalized spacial score (nSPS) is 29.0. The predicted octanol–water partition coefficient (Wildman–Crippen LogP) is 4.20. The van der Waals surface area contributed by atoms with Gasteiger partial charge in [-0.2, -0.15) is 0 Å². The van der Waals surface area contributed by atoms with E-state index in [1.54, 1.807) is 11.1 Å². The lowest BCUT2D eigenvalue weighted by atomic mass is 9.96. The van der Waals surface area contributed by atoms with Gasteiger partial charge in [0.1, 0.15) is 0 Å². The maximum absolute atomic E-state index is 3.67. The average molecular weight is 308 g/mol. The molecule has 0 spiro atoms. The van der Waals surface area contributed by atoms with Gasteiger partial charge in [0.25, 0.3) is 0 Å². The number of hydrogen-bond acceptors (Lipinski definition) is 1. The molecular formula is C16H22BrN. The van der Waals surface area contributed by atoms with Crippen LogP contribution in [0.2, 0.25) is 0 Å². The number of nitrogens with zero attached hydrogens (tertiary/aromatic N) is 1. The molecule has 2 atom stereocenters. The molecule has 0 bridgehead atoms. The Hall–Kier alpha value is -0.500. The number of fused-ring (bicyclic) bond motifs is 1. The molecule has 1 aromatic rings. The fourth-order valence-electron chi connectivity index (χ4n) is 3.69. The molecule has 0 saturated heterocycles. The molecule has 1 aliphatic heterocycles. The van der Waals surface area contributed by atoms with E-state index < -0.39 is 0 Å². The molecule has 1 aliphatic carbocycles. The van der Waals surface area contributed by atoms with Gasteiger partial charge in [-0.05, 0) is 47.3 Å². The summed E-state index contributed by atoms with van der Waals surface area (Å²) in [6, 6.07) is 7.17. The zero-order valence-electron chi connectivity index (χ0n) is 11.5. The van der Waals surface area contributed by atoms with Crippen molar-refractivity contribution in [2.75, 3.05) is 23.8 Å². The molecule has 1 aromatic carbocycles. The molecule has 18 heavy (non-hydrogen) atoms. The predicted molar refractivity (Wildman–Crippen MR) is 81.8 cm³/mol. The van der Waals surface area contributed by atoms with E-state index in [-0.39, 0.29) is 0 Å². The fraction of sp³-hybridized carbons (Fsp3) is 0.625. The highest BCUT2D eigenvalue weighted by Crippen LogP contribution is 2.65. The van der Waals surface area contributed by atoms with Crippen LogP contribution in [-0.2, 0) is 6.42 Å². The van der Waals surface area contributed by atoms with Crippen molar-refractivity contribution in [2.45, 2.75) is 32.6 Å². The standard InChI is InChI=1S/C16H22BrN/c1-16(2)13(10-17)15(16)12-6-7-14-11(9-12)5-4-8-18(14)3/h6-7,9,13,15H,4-5,8,10H2,1-3H3. The van der Waals surface area contributed by atoms with Gasteiger partial charge in [0.2, 0.25) is 0 Å². The Labute approximate surface area is 119 Å². The van der Waals surface area contributed by atoms with Gasteiger partial charge in [0, 0.05) is 24.6 Å². The first-order valence-electron chi connectivity index (χ1n) is 6.95.